The molecule has 2 aromatic rings. The summed E-state index contributed by atoms with van der Waals surface area (Å²) in [6, 6.07) is 6.53. The van der Waals surface area contributed by atoms with Crippen molar-refractivity contribution in [2.45, 2.75) is 26.7 Å². The van der Waals surface area contributed by atoms with Crippen LogP contribution in [0.5, 0.6) is 0 Å². The fourth-order valence-corrected chi connectivity index (χ4v) is 2.85. The van der Waals surface area contributed by atoms with E-state index >= 15 is 0 Å². The Morgan fingerprint density at radius 3 is 2.44 bits per heavy atom. The number of benzene rings is 1. The quantitative estimate of drug-likeness (QED) is 0.671. The number of rotatable bonds is 8. The summed E-state index contributed by atoms with van der Waals surface area (Å²) in [6.07, 6.45) is 4.94. The van der Waals surface area contributed by atoms with Gasteiger partial charge in [-0.05, 0) is 37.1 Å². The number of aromatic nitrogens is 1. The molecule has 1 N–H and O–H groups in total. The number of ether oxygens (including phenoxy) is 1. The van der Waals surface area contributed by atoms with Crippen LogP contribution < -0.4 is 5.32 Å². The molecule has 0 aliphatic carbocycles. The second-order valence-electron chi connectivity index (χ2n) is 6.07. The van der Waals surface area contributed by atoms with Crippen molar-refractivity contribution in [1.82, 2.24) is 9.88 Å². The van der Waals surface area contributed by atoms with Crippen LogP contribution in [0.25, 0.3) is 0 Å². The Hall–Kier alpha value is -2.60. The first kappa shape index (κ1) is 20.7. The zero-order valence-electron chi connectivity index (χ0n) is 15.8. The number of carbonyl (C=O) groups is 2. The molecule has 1 heterocycles. The van der Waals surface area contributed by atoms with E-state index in [2.05, 4.69) is 10.3 Å². The number of carbonyl (C=O) groups excluding carboxylic acids is 2. The van der Waals surface area contributed by atoms with E-state index in [-0.39, 0.29) is 5.91 Å². The summed E-state index contributed by atoms with van der Waals surface area (Å²) in [4.78, 5) is 30.5. The highest BCUT2D eigenvalue weighted by atomic mass is 35.5. The normalized spacial score (nSPS) is 10.4. The third-order valence-corrected chi connectivity index (χ3v) is 4.26. The molecule has 144 valence electrons. The lowest BCUT2D eigenvalue weighted by Gasteiger charge is -2.21. The predicted molar refractivity (Wildman–Crippen MR) is 107 cm³/mol. The maximum absolute atomic E-state index is 12.7. The minimum Gasteiger partial charge on any atom is -0.465 e. The third-order valence-electron chi connectivity index (χ3n) is 3.93. The van der Waals surface area contributed by atoms with Gasteiger partial charge in [0.05, 0.1) is 40.8 Å². The van der Waals surface area contributed by atoms with Crippen LogP contribution >= 0.6 is 11.6 Å². The largest absolute Gasteiger partial charge is 0.465 e. The van der Waals surface area contributed by atoms with E-state index in [0.29, 0.717) is 40.6 Å². The number of amides is 1. The molecule has 0 saturated heterocycles. The Bertz CT molecular complexity index is 805. The summed E-state index contributed by atoms with van der Waals surface area (Å²) < 4.78 is 4.73. The molecule has 0 fully saturated rings. The minimum atomic E-state index is -0.452. The number of esters is 1. The van der Waals surface area contributed by atoms with Crippen LogP contribution in [0, 0.1) is 0 Å². The average molecular weight is 390 g/mol. The van der Waals surface area contributed by atoms with Crippen LogP contribution in [0.1, 0.15) is 47.4 Å². The summed E-state index contributed by atoms with van der Waals surface area (Å²) >= 11 is 6.22. The van der Waals surface area contributed by atoms with Crippen LogP contribution in [0.3, 0.4) is 0 Å². The van der Waals surface area contributed by atoms with Gasteiger partial charge in [-0.15, -0.1) is 0 Å². The molecule has 27 heavy (non-hydrogen) atoms. The Labute approximate surface area is 164 Å². The highest BCUT2D eigenvalue weighted by molar-refractivity contribution is 6.33. The first-order valence-corrected chi connectivity index (χ1v) is 9.27. The molecule has 7 heteroatoms. The molecule has 0 spiro atoms. The van der Waals surface area contributed by atoms with Crippen molar-refractivity contribution in [1.29, 1.82) is 0 Å². The lowest BCUT2D eigenvalue weighted by atomic mass is 10.2. The van der Waals surface area contributed by atoms with Gasteiger partial charge in [0.2, 0.25) is 0 Å². The van der Waals surface area contributed by atoms with Crippen molar-refractivity contribution in [3.8, 4) is 0 Å². The number of methoxy groups -OCH3 is 1. The van der Waals surface area contributed by atoms with Gasteiger partial charge >= 0.3 is 5.97 Å². The van der Waals surface area contributed by atoms with Crippen molar-refractivity contribution in [2.75, 3.05) is 25.5 Å². The number of nitrogens with zero attached hydrogens (tertiary/aromatic N) is 2. The topological polar surface area (TPSA) is 71.5 Å². The zero-order chi connectivity index (χ0) is 19.8. The van der Waals surface area contributed by atoms with Crippen molar-refractivity contribution in [2.24, 2.45) is 0 Å². The second kappa shape index (κ2) is 9.92. The standard InChI is InChI=1S/C20H24ClN3O3/c1-4-8-24(9-5-2)19(25)15-10-16(13-22-12-15)23-18-11-14(20(26)27-3)6-7-17(18)21/h6-7,10-13,23H,4-5,8-9H2,1-3H3. The summed E-state index contributed by atoms with van der Waals surface area (Å²) in [5.74, 6) is -0.504. The SMILES string of the molecule is CCCN(CCC)C(=O)c1cncc(Nc2cc(C(=O)OC)ccc2Cl)c1. The van der Waals surface area contributed by atoms with Gasteiger partial charge in [0.15, 0.2) is 0 Å². The van der Waals surface area contributed by atoms with Gasteiger partial charge in [-0.1, -0.05) is 25.4 Å². The number of nitrogens with one attached hydrogen (secondary N) is 1. The fraction of sp³-hybridized carbons (Fsp3) is 0.350. The third kappa shape index (κ3) is 5.44. The first-order chi connectivity index (χ1) is 13.0. The molecule has 1 aromatic carbocycles. The fourth-order valence-electron chi connectivity index (χ4n) is 2.68. The summed E-state index contributed by atoms with van der Waals surface area (Å²) in [5.41, 5.74) is 2.02. The molecule has 6 nitrogen and oxygen atoms in total. The van der Waals surface area contributed by atoms with E-state index in [1.807, 2.05) is 18.7 Å². The van der Waals surface area contributed by atoms with Gasteiger partial charge in [0.25, 0.3) is 5.91 Å². The predicted octanol–water partition coefficient (Wildman–Crippen LogP) is 4.53. The van der Waals surface area contributed by atoms with Crippen LogP contribution in [0.2, 0.25) is 5.02 Å². The molecule has 0 radical (unpaired) electrons. The molecule has 0 unspecified atom stereocenters. The van der Waals surface area contributed by atoms with E-state index in [0.717, 1.165) is 12.8 Å². The van der Waals surface area contributed by atoms with Crippen LogP contribution in [0.4, 0.5) is 11.4 Å². The van der Waals surface area contributed by atoms with Gasteiger partial charge in [-0.2, -0.15) is 0 Å². The minimum absolute atomic E-state index is 0.0516. The number of hydrogen-bond donors (Lipinski definition) is 1. The van der Waals surface area contributed by atoms with Crippen LogP contribution in [-0.4, -0.2) is 42.0 Å². The molecule has 0 atom stereocenters. The van der Waals surface area contributed by atoms with E-state index in [1.165, 1.54) is 7.11 Å². The van der Waals surface area contributed by atoms with Crippen molar-refractivity contribution >= 4 is 34.9 Å². The van der Waals surface area contributed by atoms with Gasteiger partial charge in [0, 0.05) is 19.3 Å². The lowest BCUT2D eigenvalue weighted by Crippen LogP contribution is -2.32. The smallest absolute Gasteiger partial charge is 0.337 e. The summed E-state index contributed by atoms with van der Waals surface area (Å²) in [6.45, 7) is 5.50. The summed E-state index contributed by atoms with van der Waals surface area (Å²) in [7, 11) is 1.32. The molecular formula is C20H24ClN3O3. The maximum atomic E-state index is 12.7. The Morgan fingerprint density at radius 1 is 1.11 bits per heavy atom. The number of halogens is 1. The molecule has 1 aromatic heterocycles. The molecule has 1 amide bonds. The average Bonchev–Trinajstić information content (AvgIpc) is 2.68. The molecule has 0 aliphatic heterocycles. The van der Waals surface area contributed by atoms with E-state index < -0.39 is 5.97 Å². The monoisotopic (exact) mass is 389 g/mol. The van der Waals surface area contributed by atoms with Gasteiger partial charge in [-0.25, -0.2) is 4.79 Å². The Kier molecular flexibility index (Phi) is 7.61. The molecule has 0 bridgehead atoms. The number of hydrogen-bond acceptors (Lipinski definition) is 5. The van der Waals surface area contributed by atoms with Crippen molar-refractivity contribution in [3.05, 3.63) is 52.8 Å². The van der Waals surface area contributed by atoms with Gasteiger partial charge in [-0.3, -0.25) is 9.78 Å². The van der Waals surface area contributed by atoms with Crippen LogP contribution in [0.15, 0.2) is 36.7 Å². The Balaban J connectivity index is 2.25. The first-order valence-electron chi connectivity index (χ1n) is 8.89. The van der Waals surface area contributed by atoms with Gasteiger partial charge < -0.3 is 15.0 Å². The van der Waals surface area contributed by atoms with Crippen molar-refractivity contribution < 1.29 is 14.3 Å². The van der Waals surface area contributed by atoms with Gasteiger partial charge in [0.1, 0.15) is 0 Å². The molecular weight excluding hydrogens is 366 g/mol. The van der Waals surface area contributed by atoms with Crippen molar-refractivity contribution in [3.63, 3.8) is 0 Å². The molecule has 0 saturated carbocycles. The lowest BCUT2D eigenvalue weighted by molar-refractivity contribution is 0.0600. The second-order valence-corrected chi connectivity index (χ2v) is 6.47. The number of pyridine rings is 1. The Morgan fingerprint density at radius 2 is 1.81 bits per heavy atom. The van der Waals surface area contributed by atoms with E-state index in [1.54, 1.807) is 36.7 Å². The van der Waals surface area contributed by atoms with E-state index in [4.69, 9.17) is 16.3 Å². The molecule has 0 aliphatic rings. The molecule has 2 rings (SSSR count). The highest BCUT2D eigenvalue weighted by Crippen LogP contribution is 2.27. The maximum Gasteiger partial charge on any atom is 0.337 e. The van der Waals surface area contributed by atoms with Crippen LogP contribution in [-0.2, 0) is 4.74 Å². The summed E-state index contributed by atoms with van der Waals surface area (Å²) in [5, 5.41) is 3.56. The highest BCUT2D eigenvalue weighted by Gasteiger charge is 2.16. The number of anilines is 2. The van der Waals surface area contributed by atoms with E-state index in [9.17, 15) is 9.59 Å². The zero-order valence-corrected chi connectivity index (χ0v) is 16.5.